The first-order valence-electron chi connectivity index (χ1n) is 12.0. The second-order valence-electron chi connectivity index (χ2n) is 8.80. The first-order chi connectivity index (χ1) is 17.3. The van der Waals surface area contributed by atoms with E-state index in [-0.39, 0.29) is 30.8 Å². The van der Waals surface area contributed by atoms with E-state index in [2.05, 4.69) is 5.32 Å². The maximum Gasteiger partial charge on any atom is 0.261 e. The van der Waals surface area contributed by atoms with Gasteiger partial charge >= 0.3 is 0 Å². The Morgan fingerprint density at radius 2 is 1.64 bits per heavy atom. The molecular formula is C29H32ClFN2O3. The molecule has 0 aliphatic heterocycles. The van der Waals surface area contributed by atoms with Crippen LogP contribution in [0.4, 0.5) is 4.39 Å². The third-order valence-corrected chi connectivity index (χ3v) is 6.45. The van der Waals surface area contributed by atoms with Gasteiger partial charge in [0.05, 0.1) is 0 Å². The van der Waals surface area contributed by atoms with E-state index in [0.717, 1.165) is 23.1 Å². The van der Waals surface area contributed by atoms with Crippen molar-refractivity contribution in [3.8, 4) is 5.75 Å². The van der Waals surface area contributed by atoms with Crippen LogP contribution in [-0.4, -0.2) is 35.9 Å². The molecule has 0 aliphatic rings. The largest absolute Gasteiger partial charge is 0.484 e. The van der Waals surface area contributed by atoms with Crippen LogP contribution in [0.5, 0.6) is 5.75 Å². The number of hydrogen-bond donors (Lipinski definition) is 1. The molecule has 0 aliphatic carbocycles. The number of rotatable bonds is 11. The van der Waals surface area contributed by atoms with Gasteiger partial charge in [-0.25, -0.2) is 4.39 Å². The molecule has 7 heteroatoms. The van der Waals surface area contributed by atoms with Gasteiger partial charge in [0.2, 0.25) is 5.91 Å². The Balaban J connectivity index is 1.90. The molecule has 0 fully saturated rings. The fourth-order valence-corrected chi connectivity index (χ4v) is 4.03. The van der Waals surface area contributed by atoms with Gasteiger partial charge in [-0.15, -0.1) is 0 Å². The molecule has 3 aromatic carbocycles. The summed E-state index contributed by atoms with van der Waals surface area (Å²) in [7, 11) is 0. The number of aryl methyl sites for hydroxylation is 2. The lowest BCUT2D eigenvalue weighted by atomic mass is 10.0. The molecule has 3 rings (SSSR count). The number of benzene rings is 3. The lowest BCUT2D eigenvalue weighted by Crippen LogP contribution is -2.51. The van der Waals surface area contributed by atoms with E-state index in [1.54, 1.807) is 24.3 Å². The lowest BCUT2D eigenvalue weighted by molar-refractivity contribution is -0.142. The van der Waals surface area contributed by atoms with Crippen molar-refractivity contribution in [3.63, 3.8) is 0 Å². The predicted octanol–water partition coefficient (Wildman–Crippen LogP) is 5.64. The van der Waals surface area contributed by atoms with Gasteiger partial charge in [-0.3, -0.25) is 9.59 Å². The van der Waals surface area contributed by atoms with Crippen molar-refractivity contribution >= 4 is 23.4 Å². The second-order valence-corrected chi connectivity index (χ2v) is 9.18. The van der Waals surface area contributed by atoms with E-state index >= 15 is 0 Å². The molecule has 0 aromatic heterocycles. The summed E-state index contributed by atoms with van der Waals surface area (Å²) in [6.07, 6.45) is 1.11. The number of ether oxygens (including phenoxy) is 1. The molecule has 1 atom stereocenters. The van der Waals surface area contributed by atoms with Crippen molar-refractivity contribution in [2.75, 3.05) is 13.2 Å². The van der Waals surface area contributed by atoms with E-state index in [9.17, 15) is 14.0 Å². The maximum atomic E-state index is 13.6. The van der Waals surface area contributed by atoms with Crippen molar-refractivity contribution in [2.45, 2.75) is 46.2 Å². The molecule has 0 radical (unpaired) electrons. The topological polar surface area (TPSA) is 58.6 Å². The molecular weight excluding hydrogens is 479 g/mol. The Kier molecular flexibility index (Phi) is 9.88. The SMILES string of the molecule is CCCNC(=O)[C@@H](Cc1ccccc1)N(Cc1ccc(F)cc1)C(=O)COc1cc(C)c(Cl)c(C)c1. The van der Waals surface area contributed by atoms with Gasteiger partial charge in [0.25, 0.3) is 5.91 Å². The summed E-state index contributed by atoms with van der Waals surface area (Å²) in [6, 6.07) is 18.3. The normalized spacial score (nSPS) is 11.6. The number of halogens is 2. The van der Waals surface area contributed by atoms with Crippen molar-refractivity contribution < 1.29 is 18.7 Å². The molecule has 3 aromatic rings. The highest BCUT2D eigenvalue weighted by atomic mass is 35.5. The highest BCUT2D eigenvalue weighted by Gasteiger charge is 2.30. The number of hydrogen-bond acceptors (Lipinski definition) is 3. The Morgan fingerprint density at radius 1 is 1.00 bits per heavy atom. The van der Waals surface area contributed by atoms with Crippen LogP contribution < -0.4 is 10.1 Å². The van der Waals surface area contributed by atoms with Gasteiger partial charge in [-0.1, -0.05) is 61.0 Å². The molecule has 0 spiro atoms. The number of carbonyl (C=O) groups excluding carboxylic acids is 2. The van der Waals surface area contributed by atoms with E-state index in [1.807, 2.05) is 51.1 Å². The van der Waals surface area contributed by atoms with Crippen molar-refractivity contribution in [1.82, 2.24) is 10.2 Å². The van der Waals surface area contributed by atoms with Crippen molar-refractivity contribution in [3.05, 3.63) is 99.8 Å². The predicted molar refractivity (Wildman–Crippen MR) is 141 cm³/mol. The minimum Gasteiger partial charge on any atom is -0.484 e. The first kappa shape index (κ1) is 27.2. The average molecular weight is 511 g/mol. The number of amides is 2. The molecule has 0 bridgehead atoms. The fourth-order valence-electron chi connectivity index (χ4n) is 3.92. The van der Waals surface area contributed by atoms with Crippen LogP contribution in [0.1, 0.15) is 35.6 Å². The van der Waals surface area contributed by atoms with Gasteiger partial charge in [0.15, 0.2) is 6.61 Å². The van der Waals surface area contributed by atoms with Crippen LogP contribution in [0.2, 0.25) is 5.02 Å². The van der Waals surface area contributed by atoms with Gasteiger partial charge in [-0.2, -0.15) is 0 Å². The van der Waals surface area contributed by atoms with Gasteiger partial charge in [0, 0.05) is 24.5 Å². The number of carbonyl (C=O) groups is 2. The van der Waals surface area contributed by atoms with E-state index in [1.165, 1.54) is 17.0 Å². The fraction of sp³-hybridized carbons (Fsp3) is 0.310. The zero-order valence-corrected chi connectivity index (χ0v) is 21.6. The molecule has 0 saturated heterocycles. The van der Waals surface area contributed by atoms with E-state index in [0.29, 0.717) is 29.3 Å². The highest BCUT2D eigenvalue weighted by Crippen LogP contribution is 2.26. The van der Waals surface area contributed by atoms with E-state index in [4.69, 9.17) is 16.3 Å². The Morgan fingerprint density at radius 3 is 2.25 bits per heavy atom. The molecule has 5 nitrogen and oxygen atoms in total. The van der Waals surface area contributed by atoms with Crippen molar-refractivity contribution in [2.24, 2.45) is 0 Å². The molecule has 2 amide bonds. The minimum atomic E-state index is -0.770. The molecule has 1 N–H and O–H groups in total. The van der Waals surface area contributed by atoms with Crippen LogP contribution in [0.25, 0.3) is 0 Å². The lowest BCUT2D eigenvalue weighted by Gasteiger charge is -2.31. The summed E-state index contributed by atoms with van der Waals surface area (Å²) in [4.78, 5) is 28.3. The number of nitrogens with zero attached hydrogens (tertiary/aromatic N) is 1. The summed E-state index contributed by atoms with van der Waals surface area (Å²) in [5, 5.41) is 3.58. The third kappa shape index (κ3) is 7.56. The van der Waals surface area contributed by atoms with E-state index < -0.39 is 6.04 Å². The van der Waals surface area contributed by atoms with Crippen LogP contribution in [0.15, 0.2) is 66.7 Å². The highest BCUT2D eigenvalue weighted by molar-refractivity contribution is 6.32. The third-order valence-electron chi connectivity index (χ3n) is 5.86. The second kappa shape index (κ2) is 13.1. The molecule has 36 heavy (non-hydrogen) atoms. The standard InChI is InChI=1S/C29H32ClFN2O3/c1-4-14-32-29(35)26(17-22-8-6-5-7-9-22)33(18-23-10-12-24(31)13-11-23)27(34)19-36-25-15-20(2)28(30)21(3)16-25/h5-13,15-16,26H,4,14,17-19H2,1-3H3,(H,32,35)/t26-/m1/s1. The minimum absolute atomic E-state index is 0.137. The van der Waals surface area contributed by atoms with Crippen LogP contribution >= 0.6 is 11.6 Å². The maximum absolute atomic E-state index is 13.6. The van der Waals surface area contributed by atoms with Crippen LogP contribution in [-0.2, 0) is 22.6 Å². The average Bonchev–Trinajstić information content (AvgIpc) is 2.88. The molecule has 0 heterocycles. The Hall–Kier alpha value is -3.38. The molecule has 0 saturated carbocycles. The zero-order chi connectivity index (χ0) is 26.1. The monoisotopic (exact) mass is 510 g/mol. The number of nitrogens with one attached hydrogen (secondary N) is 1. The quantitative estimate of drug-likeness (QED) is 0.363. The molecule has 190 valence electrons. The Bertz CT molecular complexity index is 1150. The molecule has 0 unspecified atom stereocenters. The van der Waals surface area contributed by atoms with Crippen LogP contribution in [0, 0.1) is 19.7 Å². The van der Waals surface area contributed by atoms with Crippen LogP contribution in [0.3, 0.4) is 0 Å². The van der Waals surface area contributed by atoms with Gasteiger partial charge in [0.1, 0.15) is 17.6 Å². The van der Waals surface area contributed by atoms with Crippen molar-refractivity contribution in [1.29, 1.82) is 0 Å². The summed E-state index contributed by atoms with van der Waals surface area (Å²) in [5.41, 5.74) is 3.34. The summed E-state index contributed by atoms with van der Waals surface area (Å²) in [6.45, 7) is 6.10. The van der Waals surface area contributed by atoms with Gasteiger partial charge < -0.3 is 15.0 Å². The smallest absolute Gasteiger partial charge is 0.261 e. The summed E-state index contributed by atoms with van der Waals surface area (Å²) in [5.74, 6) is -0.430. The Labute approximate surface area is 217 Å². The summed E-state index contributed by atoms with van der Waals surface area (Å²) < 4.78 is 19.4. The van der Waals surface area contributed by atoms with Gasteiger partial charge in [-0.05, 0) is 66.8 Å². The first-order valence-corrected chi connectivity index (χ1v) is 12.4. The zero-order valence-electron chi connectivity index (χ0n) is 20.9. The summed E-state index contributed by atoms with van der Waals surface area (Å²) >= 11 is 6.26.